The highest BCUT2D eigenvalue weighted by molar-refractivity contribution is 5.77. The van der Waals surface area contributed by atoms with Gasteiger partial charge in [0.2, 0.25) is 0 Å². The Kier molecular flexibility index (Phi) is 4.68. The van der Waals surface area contributed by atoms with E-state index in [9.17, 15) is 4.79 Å². The number of esters is 1. The van der Waals surface area contributed by atoms with E-state index in [1.54, 1.807) is 7.11 Å². The monoisotopic (exact) mass is 289 g/mol. The second-order valence-corrected chi connectivity index (χ2v) is 6.24. The van der Waals surface area contributed by atoms with Gasteiger partial charge in [0.25, 0.3) is 0 Å². The zero-order valence-electron chi connectivity index (χ0n) is 13.2. The van der Waals surface area contributed by atoms with E-state index in [1.165, 1.54) is 5.57 Å². The molecule has 114 valence electrons. The minimum atomic E-state index is -0.465. The normalized spacial score (nSPS) is 15.2. The Morgan fingerprint density at radius 2 is 1.86 bits per heavy atom. The Hall–Kier alpha value is -1.81. The molecule has 0 fully saturated rings. The van der Waals surface area contributed by atoms with E-state index in [2.05, 4.69) is 5.32 Å². The lowest BCUT2D eigenvalue weighted by Gasteiger charge is -2.17. The van der Waals surface area contributed by atoms with Gasteiger partial charge in [0, 0.05) is 13.1 Å². The molecule has 0 bridgehead atoms. The van der Waals surface area contributed by atoms with Crippen LogP contribution in [0, 0.1) is 5.41 Å². The average molecular weight is 289 g/mol. The molecular weight excluding hydrogens is 266 g/mol. The third-order valence-electron chi connectivity index (χ3n) is 3.50. The van der Waals surface area contributed by atoms with Gasteiger partial charge in [-0.2, -0.15) is 0 Å². The summed E-state index contributed by atoms with van der Waals surface area (Å²) in [7, 11) is 1.66. The zero-order valence-corrected chi connectivity index (χ0v) is 13.2. The van der Waals surface area contributed by atoms with Crippen LogP contribution in [0.25, 0.3) is 5.57 Å². The second kappa shape index (κ2) is 6.31. The molecule has 0 spiro atoms. The van der Waals surface area contributed by atoms with Crippen molar-refractivity contribution in [3.63, 3.8) is 0 Å². The molecule has 1 aliphatic heterocycles. The fourth-order valence-corrected chi connectivity index (χ4v) is 2.18. The standard InChI is InChI=1S/C17H23NO3/c1-17(2,3)16(19)21-11-13-9-18-10-15(13)12-5-7-14(20-4)8-6-12/h5-8,18H,9-11H2,1-4H3. The maximum atomic E-state index is 11.9. The number of hydrogen-bond donors (Lipinski definition) is 1. The summed E-state index contributed by atoms with van der Waals surface area (Å²) in [5.74, 6) is 0.669. The van der Waals surface area contributed by atoms with Crippen LogP contribution in [-0.4, -0.2) is 32.8 Å². The molecule has 0 amide bonds. The molecule has 1 aromatic rings. The molecule has 4 nitrogen and oxygen atoms in total. The fraction of sp³-hybridized carbons (Fsp3) is 0.471. The molecule has 2 rings (SSSR count). The average Bonchev–Trinajstić information content (AvgIpc) is 2.92. The van der Waals surface area contributed by atoms with Crippen LogP contribution in [0.5, 0.6) is 5.75 Å². The molecule has 0 aromatic heterocycles. The van der Waals surface area contributed by atoms with E-state index >= 15 is 0 Å². The highest BCUT2D eigenvalue weighted by Gasteiger charge is 2.24. The maximum absolute atomic E-state index is 11.9. The van der Waals surface area contributed by atoms with Gasteiger partial charge in [0.15, 0.2) is 0 Å². The number of rotatable bonds is 4. The van der Waals surface area contributed by atoms with Gasteiger partial charge in [0.05, 0.1) is 12.5 Å². The number of ether oxygens (including phenoxy) is 2. The number of methoxy groups -OCH3 is 1. The first-order valence-electron chi connectivity index (χ1n) is 7.15. The SMILES string of the molecule is COc1ccc(C2=C(COC(=O)C(C)(C)C)CNC2)cc1. The Morgan fingerprint density at radius 3 is 2.43 bits per heavy atom. The van der Waals surface area contributed by atoms with Crippen molar-refractivity contribution in [2.45, 2.75) is 20.8 Å². The molecule has 0 aliphatic carbocycles. The first-order valence-corrected chi connectivity index (χ1v) is 7.15. The van der Waals surface area contributed by atoms with E-state index in [0.717, 1.165) is 30.0 Å². The number of hydrogen-bond acceptors (Lipinski definition) is 4. The van der Waals surface area contributed by atoms with Gasteiger partial charge in [-0.25, -0.2) is 0 Å². The van der Waals surface area contributed by atoms with Gasteiger partial charge in [-0.1, -0.05) is 12.1 Å². The van der Waals surface area contributed by atoms with Gasteiger partial charge < -0.3 is 14.8 Å². The van der Waals surface area contributed by atoms with Crippen LogP contribution in [0.1, 0.15) is 26.3 Å². The Morgan fingerprint density at radius 1 is 1.19 bits per heavy atom. The van der Waals surface area contributed by atoms with Crippen molar-refractivity contribution >= 4 is 11.5 Å². The number of carbonyl (C=O) groups excluding carboxylic acids is 1. The largest absolute Gasteiger partial charge is 0.497 e. The molecule has 21 heavy (non-hydrogen) atoms. The summed E-state index contributed by atoms with van der Waals surface area (Å²) in [5.41, 5.74) is 3.02. The molecule has 1 N–H and O–H groups in total. The first kappa shape index (κ1) is 15.6. The van der Waals surface area contributed by atoms with E-state index in [0.29, 0.717) is 6.61 Å². The fourth-order valence-electron chi connectivity index (χ4n) is 2.18. The molecule has 1 aliphatic rings. The highest BCUT2D eigenvalue weighted by atomic mass is 16.5. The summed E-state index contributed by atoms with van der Waals surface area (Å²) >= 11 is 0. The smallest absolute Gasteiger partial charge is 0.311 e. The summed E-state index contributed by atoms with van der Waals surface area (Å²) in [5, 5.41) is 3.32. The zero-order chi connectivity index (χ0) is 15.5. The quantitative estimate of drug-likeness (QED) is 0.866. The summed E-state index contributed by atoms with van der Waals surface area (Å²) in [6, 6.07) is 7.96. The van der Waals surface area contributed by atoms with Crippen molar-refractivity contribution in [2.24, 2.45) is 5.41 Å². The van der Waals surface area contributed by atoms with E-state index in [1.807, 2.05) is 45.0 Å². The lowest BCUT2D eigenvalue weighted by Crippen LogP contribution is -2.24. The summed E-state index contributed by atoms with van der Waals surface area (Å²) in [6.07, 6.45) is 0. The van der Waals surface area contributed by atoms with Crippen LogP contribution in [0.15, 0.2) is 29.8 Å². The Balaban J connectivity index is 2.10. The minimum absolute atomic E-state index is 0.170. The molecule has 0 radical (unpaired) electrons. The molecule has 1 heterocycles. The van der Waals surface area contributed by atoms with Gasteiger partial charge >= 0.3 is 5.97 Å². The third kappa shape index (κ3) is 3.85. The van der Waals surface area contributed by atoms with Crippen LogP contribution in [0.4, 0.5) is 0 Å². The van der Waals surface area contributed by atoms with E-state index < -0.39 is 5.41 Å². The molecule has 0 saturated carbocycles. The summed E-state index contributed by atoms with van der Waals surface area (Å²) in [6.45, 7) is 7.50. The van der Waals surface area contributed by atoms with Crippen LogP contribution in [0.3, 0.4) is 0 Å². The van der Waals surface area contributed by atoms with E-state index in [-0.39, 0.29) is 5.97 Å². The van der Waals surface area contributed by atoms with Crippen LogP contribution in [0.2, 0.25) is 0 Å². The third-order valence-corrected chi connectivity index (χ3v) is 3.50. The minimum Gasteiger partial charge on any atom is -0.497 e. The Bertz CT molecular complexity index is 538. The number of carbonyl (C=O) groups is 1. The molecule has 0 unspecified atom stereocenters. The van der Waals surface area contributed by atoms with Crippen molar-refractivity contribution in [1.82, 2.24) is 5.32 Å². The maximum Gasteiger partial charge on any atom is 0.311 e. The van der Waals surface area contributed by atoms with Crippen LogP contribution in [-0.2, 0) is 9.53 Å². The predicted molar refractivity (Wildman–Crippen MR) is 83.2 cm³/mol. The second-order valence-electron chi connectivity index (χ2n) is 6.24. The van der Waals surface area contributed by atoms with Crippen molar-refractivity contribution in [3.05, 3.63) is 35.4 Å². The van der Waals surface area contributed by atoms with Crippen molar-refractivity contribution in [3.8, 4) is 5.75 Å². The number of nitrogens with one attached hydrogen (secondary N) is 1. The lowest BCUT2D eigenvalue weighted by atomic mass is 9.97. The summed E-state index contributed by atoms with van der Waals surface area (Å²) < 4.78 is 10.6. The summed E-state index contributed by atoms with van der Waals surface area (Å²) in [4.78, 5) is 11.9. The van der Waals surface area contributed by atoms with Gasteiger partial charge in [-0.15, -0.1) is 0 Å². The van der Waals surface area contributed by atoms with Gasteiger partial charge in [-0.05, 0) is 49.6 Å². The highest BCUT2D eigenvalue weighted by Crippen LogP contribution is 2.25. The number of benzene rings is 1. The van der Waals surface area contributed by atoms with Crippen LogP contribution < -0.4 is 10.1 Å². The molecule has 0 saturated heterocycles. The van der Waals surface area contributed by atoms with Crippen molar-refractivity contribution < 1.29 is 14.3 Å². The topological polar surface area (TPSA) is 47.6 Å². The van der Waals surface area contributed by atoms with E-state index in [4.69, 9.17) is 9.47 Å². The molecule has 1 aromatic carbocycles. The Labute approximate surface area is 126 Å². The van der Waals surface area contributed by atoms with Crippen molar-refractivity contribution in [1.29, 1.82) is 0 Å². The first-order chi connectivity index (χ1) is 9.91. The van der Waals surface area contributed by atoms with Gasteiger partial charge in [0.1, 0.15) is 12.4 Å². The van der Waals surface area contributed by atoms with Crippen LogP contribution >= 0.6 is 0 Å². The van der Waals surface area contributed by atoms with Crippen molar-refractivity contribution in [2.75, 3.05) is 26.8 Å². The molecular formula is C17H23NO3. The molecule has 4 heteroatoms. The molecule has 0 atom stereocenters. The van der Waals surface area contributed by atoms with Gasteiger partial charge in [-0.3, -0.25) is 4.79 Å². The predicted octanol–water partition coefficient (Wildman–Crippen LogP) is 2.64. The lowest BCUT2D eigenvalue weighted by molar-refractivity contribution is -0.151.